The fraction of sp³-hybridized carbons (Fsp3) is 1.00. The third kappa shape index (κ3) is 3.44. The minimum Gasteiger partial charge on any atom is -0.214 e. The Morgan fingerprint density at radius 1 is 1.46 bits per heavy atom. The Kier molecular flexibility index (Phi) is 4.01. The summed E-state index contributed by atoms with van der Waals surface area (Å²) in [5.74, 6) is 1.14. The first-order valence-electron chi connectivity index (χ1n) is 4.58. The van der Waals surface area contributed by atoms with Gasteiger partial charge in [0, 0.05) is 6.54 Å². The largest absolute Gasteiger partial charge is 0.225 e. The molecule has 1 aliphatic rings. The van der Waals surface area contributed by atoms with Crippen LogP contribution in [0.15, 0.2) is 0 Å². The number of alkyl halides is 1. The Bertz CT molecular complexity index is 253. The van der Waals surface area contributed by atoms with Gasteiger partial charge < -0.3 is 0 Å². The quantitative estimate of drug-likeness (QED) is 0.738. The van der Waals surface area contributed by atoms with Crippen molar-refractivity contribution in [3.63, 3.8) is 0 Å². The highest BCUT2D eigenvalue weighted by atomic mass is 35.5. The van der Waals surface area contributed by atoms with Crippen LogP contribution in [0.1, 0.15) is 26.2 Å². The molecule has 0 aromatic rings. The van der Waals surface area contributed by atoms with Crippen molar-refractivity contribution in [2.75, 3.05) is 11.8 Å². The van der Waals surface area contributed by atoms with Crippen molar-refractivity contribution in [1.29, 1.82) is 0 Å². The molecule has 78 valence electrons. The van der Waals surface area contributed by atoms with Crippen molar-refractivity contribution < 1.29 is 8.42 Å². The molecule has 0 aliphatic heterocycles. The molecule has 0 saturated heterocycles. The van der Waals surface area contributed by atoms with Crippen LogP contribution in [-0.4, -0.2) is 20.2 Å². The molecule has 0 bridgehead atoms. The second-order valence-electron chi connectivity index (χ2n) is 3.74. The molecule has 0 heterocycles. The summed E-state index contributed by atoms with van der Waals surface area (Å²) in [6.07, 6.45) is 3.56. The van der Waals surface area contributed by atoms with Crippen LogP contribution < -0.4 is 4.72 Å². The van der Waals surface area contributed by atoms with Gasteiger partial charge in [0.1, 0.15) is 5.21 Å². The molecule has 0 aromatic heterocycles. The highest BCUT2D eigenvalue weighted by molar-refractivity contribution is 7.90. The lowest BCUT2D eigenvalue weighted by atomic mass is 9.99. The van der Waals surface area contributed by atoms with Crippen LogP contribution in [0.4, 0.5) is 0 Å². The van der Waals surface area contributed by atoms with Gasteiger partial charge in [0.2, 0.25) is 10.0 Å². The van der Waals surface area contributed by atoms with E-state index in [1.165, 1.54) is 12.8 Å². The standard InChI is InChI=1S/C8H16ClNO2S/c1-7-3-2-4-8(7)5-10-13(11,12)6-9/h7-8,10H,2-6H2,1H3. The van der Waals surface area contributed by atoms with Gasteiger partial charge in [-0.2, -0.15) is 0 Å². The Hall–Kier alpha value is 0.200. The number of hydrogen-bond acceptors (Lipinski definition) is 2. The summed E-state index contributed by atoms with van der Waals surface area (Å²) in [5.41, 5.74) is 0. The summed E-state index contributed by atoms with van der Waals surface area (Å²) in [5, 5.41) is -0.339. The maximum atomic E-state index is 11.0. The Morgan fingerprint density at radius 2 is 2.15 bits per heavy atom. The van der Waals surface area contributed by atoms with Crippen molar-refractivity contribution in [1.82, 2.24) is 4.72 Å². The highest BCUT2D eigenvalue weighted by Crippen LogP contribution is 2.30. The van der Waals surface area contributed by atoms with Gasteiger partial charge in [-0.3, -0.25) is 0 Å². The second kappa shape index (κ2) is 4.62. The minimum atomic E-state index is -3.21. The van der Waals surface area contributed by atoms with Gasteiger partial charge in [0.25, 0.3) is 0 Å². The number of nitrogens with one attached hydrogen (secondary N) is 1. The van der Waals surface area contributed by atoms with Gasteiger partial charge in [-0.15, -0.1) is 11.6 Å². The summed E-state index contributed by atoms with van der Waals surface area (Å²) >= 11 is 5.26. The van der Waals surface area contributed by atoms with Gasteiger partial charge in [0.05, 0.1) is 0 Å². The van der Waals surface area contributed by atoms with E-state index in [0.29, 0.717) is 18.4 Å². The fourth-order valence-electron chi connectivity index (χ4n) is 1.80. The van der Waals surface area contributed by atoms with Crippen LogP contribution in [0.5, 0.6) is 0 Å². The molecular formula is C8H16ClNO2S. The zero-order valence-electron chi connectivity index (χ0n) is 7.79. The third-order valence-corrected chi connectivity index (χ3v) is 4.50. The summed E-state index contributed by atoms with van der Waals surface area (Å²) < 4.78 is 24.6. The van der Waals surface area contributed by atoms with Crippen LogP contribution in [0.2, 0.25) is 0 Å². The third-order valence-electron chi connectivity index (χ3n) is 2.75. The van der Waals surface area contributed by atoms with Crippen LogP contribution >= 0.6 is 11.6 Å². The SMILES string of the molecule is CC1CCCC1CNS(=O)(=O)CCl. The maximum Gasteiger partial charge on any atom is 0.225 e. The predicted octanol–water partition coefficient (Wildman–Crippen LogP) is 1.54. The number of rotatable bonds is 4. The molecular weight excluding hydrogens is 210 g/mol. The van der Waals surface area contributed by atoms with E-state index in [-0.39, 0.29) is 5.21 Å². The van der Waals surface area contributed by atoms with Crippen molar-refractivity contribution in [2.45, 2.75) is 26.2 Å². The molecule has 2 atom stereocenters. The molecule has 0 spiro atoms. The summed E-state index contributed by atoms with van der Waals surface area (Å²) in [6, 6.07) is 0. The Morgan fingerprint density at radius 3 is 2.62 bits per heavy atom. The van der Waals surface area contributed by atoms with Gasteiger partial charge >= 0.3 is 0 Å². The van der Waals surface area contributed by atoms with Gasteiger partial charge in [-0.05, 0) is 18.3 Å². The second-order valence-corrected chi connectivity index (χ2v) is 6.13. The molecule has 1 fully saturated rings. The van der Waals surface area contributed by atoms with Gasteiger partial charge in [-0.25, -0.2) is 13.1 Å². The molecule has 0 radical (unpaired) electrons. The van der Waals surface area contributed by atoms with Crippen LogP contribution in [0, 0.1) is 11.8 Å². The zero-order chi connectivity index (χ0) is 9.90. The minimum absolute atomic E-state index is 0.339. The molecule has 1 rings (SSSR count). The van der Waals surface area contributed by atoms with Crippen molar-refractivity contribution in [3.8, 4) is 0 Å². The highest BCUT2D eigenvalue weighted by Gasteiger charge is 2.24. The Balaban J connectivity index is 2.34. The van der Waals surface area contributed by atoms with E-state index in [1.54, 1.807) is 0 Å². The van der Waals surface area contributed by atoms with Crippen LogP contribution in [0.3, 0.4) is 0 Å². The molecule has 0 amide bonds. The lowest BCUT2D eigenvalue weighted by Gasteiger charge is -2.15. The summed E-state index contributed by atoms with van der Waals surface area (Å²) in [4.78, 5) is 0. The summed E-state index contributed by atoms with van der Waals surface area (Å²) in [7, 11) is -3.21. The van der Waals surface area contributed by atoms with Crippen LogP contribution in [-0.2, 0) is 10.0 Å². The zero-order valence-corrected chi connectivity index (χ0v) is 9.37. The first-order valence-corrected chi connectivity index (χ1v) is 6.77. The maximum absolute atomic E-state index is 11.0. The van der Waals surface area contributed by atoms with Gasteiger partial charge in [-0.1, -0.05) is 19.8 Å². The fourth-order valence-corrected chi connectivity index (χ4v) is 2.57. The van der Waals surface area contributed by atoms with E-state index in [1.807, 2.05) is 0 Å². The monoisotopic (exact) mass is 225 g/mol. The first kappa shape index (κ1) is 11.3. The normalized spacial score (nSPS) is 29.4. The van der Waals surface area contributed by atoms with Crippen molar-refractivity contribution in [2.24, 2.45) is 11.8 Å². The molecule has 1 aliphatic carbocycles. The lowest BCUT2D eigenvalue weighted by molar-refractivity contribution is 0.415. The van der Waals surface area contributed by atoms with Crippen molar-refractivity contribution in [3.05, 3.63) is 0 Å². The van der Waals surface area contributed by atoms with E-state index < -0.39 is 10.0 Å². The summed E-state index contributed by atoms with van der Waals surface area (Å²) in [6.45, 7) is 2.73. The first-order chi connectivity index (χ1) is 6.05. The van der Waals surface area contributed by atoms with Crippen LogP contribution in [0.25, 0.3) is 0 Å². The Labute approximate surface area is 84.9 Å². The average molecular weight is 226 g/mol. The van der Waals surface area contributed by atoms with E-state index >= 15 is 0 Å². The average Bonchev–Trinajstić information content (AvgIpc) is 2.48. The van der Waals surface area contributed by atoms with E-state index in [0.717, 1.165) is 6.42 Å². The predicted molar refractivity (Wildman–Crippen MR) is 54.1 cm³/mol. The molecule has 1 saturated carbocycles. The molecule has 3 nitrogen and oxygen atoms in total. The number of halogens is 1. The smallest absolute Gasteiger partial charge is 0.214 e. The molecule has 0 aromatic carbocycles. The number of sulfonamides is 1. The molecule has 5 heteroatoms. The van der Waals surface area contributed by atoms with Gasteiger partial charge in [0.15, 0.2) is 0 Å². The number of hydrogen-bond donors (Lipinski definition) is 1. The molecule has 13 heavy (non-hydrogen) atoms. The molecule has 2 unspecified atom stereocenters. The van der Waals surface area contributed by atoms with E-state index in [4.69, 9.17) is 11.6 Å². The van der Waals surface area contributed by atoms with E-state index in [9.17, 15) is 8.42 Å². The van der Waals surface area contributed by atoms with Crippen molar-refractivity contribution >= 4 is 21.6 Å². The topological polar surface area (TPSA) is 46.2 Å². The lowest BCUT2D eigenvalue weighted by Crippen LogP contribution is -2.30. The molecule has 1 N–H and O–H groups in total. The van der Waals surface area contributed by atoms with E-state index in [2.05, 4.69) is 11.6 Å².